The Labute approximate surface area is 361 Å². The summed E-state index contributed by atoms with van der Waals surface area (Å²) in [5, 5.41) is 0. The lowest BCUT2D eigenvalue weighted by Gasteiger charge is -2.20. The lowest BCUT2D eigenvalue weighted by atomic mass is 10.00. The first-order chi connectivity index (χ1) is 28.2. The second-order valence-corrected chi connectivity index (χ2v) is 19.4. The van der Waals surface area contributed by atoms with Crippen molar-refractivity contribution in [2.75, 3.05) is 0 Å². The van der Waals surface area contributed by atoms with E-state index in [1.54, 1.807) is 22.7 Å². The third kappa shape index (κ3) is 9.23. The van der Waals surface area contributed by atoms with Crippen molar-refractivity contribution in [1.82, 2.24) is 0 Å². The lowest BCUT2D eigenvalue weighted by Crippen LogP contribution is -2.09. The quantitative estimate of drug-likeness (QED) is 0.0965. The highest BCUT2D eigenvalue weighted by Gasteiger charge is 2.30. The Morgan fingerprint density at radius 1 is 0.305 bits per heavy atom. The fourth-order valence-corrected chi connectivity index (χ4v) is 11.8. The minimum Gasteiger partial charge on any atom is -0.491 e. The van der Waals surface area contributed by atoms with Crippen LogP contribution in [0.15, 0.2) is 84.9 Å². The molecule has 0 unspecified atom stereocenters. The van der Waals surface area contributed by atoms with Crippen LogP contribution in [0.3, 0.4) is 0 Å². The fourth-order valence-electron chi connectivity index (χ4n) is 7.13. The zero-order valence-corrected chi connectivity index (χ0v) is 38.7. The van der Waals surface area contributed by atoms with E-state index in [2.05, 4.69) is 156 Å². The van der Waals surface area contributed by atoms with Crippen LogP contribution in [-0.4, -0.2) is 36.6 Å². The Bertz CT molecular complexity index is 2290. The zero-order chi connectivity index (χ0) is 42.1. The number of fused-ring (bicyclic) bond motifs is 3. The van der Waals surface area contributed by atoms with Gasteiger partial charge in [0.25, 0.3) is 0 Å². The molecule has 0 radical (unpaired) electrons. The van der Waals surface area contributed by atoms with Gasteiger partial charge in [0.2, 0.25) is 0 Å². The molecular formula is C50H56O6S3. The molecule has 0 aliphatic carbocycles. The van der Waals surface area contributed by atoms with Crippen LogP contribution in [-0.2, 0) is 0 Å². The van der Waals surface area contributed by atoms with E-state index in [9.17, 15) is 0 Å². The summed E-state index contributed by atoms with van der Waals surface area (Å²) in [6.45, 7) is 24.8. The number of benzene rings is 4. The SMILES string of the molecule is CC(C)Oc1ccc(-c2c(-c3c(OC(C)C)cccc3OC(C)C)sc3c2sc2c(-c4ccc(OC(C)C)cc4)c(-c4c(OC(C)C)cccc4OC(C)C)sc23)cc1. The second kappa shape index (κ2) is 17.9. The van der Waals surface area contributed by atoms with Crippen molar-refractivity contribution in [1.29, 1.82) is 0 Å². The summed E-state index contributed by atoms with van der Waals surface area (Å²) in [5.74, 6) is 4.89. The first-order valence-electron chi connectivity index (χ1n) is 20.7. The molecule has 9 heteroatoms. The summed E-state index contributed by atoms with van der Waals surface area (Å²) >= 11 is 5.45. The van der Waals surface area contributed by atoms with E-state index >= 15 is 0 Å². The van der Waals surface area contributed by atoms with Gasteiger partial charge in [0.1, 0.15) is 34.5 Å². The van der Waals surface area contributed by atoms with Crippen molar-refractivity contribution in [2.24, 2.45) is 0 Å². The predicted octanol–water partition coefficient (Wildman–Crippen LogP) is 15.6. The van der Waals surface area contributed by atoms with Crippen molar-refractivity contribution < 1.29 is 28.4 Å². The molecule has 0 aliphatic heterocycles. The van der Waals surface area contributed by atoms with Crippen LogP contribution >= 0.6 is 34.0 Å². The normalized spacial score (nSPS) is 12.0. The summed E-state index contributed by atoms with van der Waals surface area (Å²) in [7, 11) is 0. The fraction of sp³-hybridized carbons (Fsp3) is 0.360. The van der Waals surface area contributed by atoms with E-state index in [-0.39, 0.29) is 36.6 Å². The predicted molar refractivity (Wildman–Crippen MR) is 251 cm³/mol. The molecule has 6 nitrogen and oxygen atoms in total. The molecule has 4 aromatic carbocycles. The Morgan fingerprint density at radius 2 is 0.593 bits per heavy atom. The van der Waals surface area contributed by atoms with Crippen LogP contribution in [0.4, 0.5) is 0 Å². The van der Waals surface area contributed by atoms with Gasteiger partial charge in [0.15, 0.2) is 0 Å². The molecule has 7 aromatic rings. The molecule has 0 N–H and O–H groups in total. The molecule has 0 atom stereocenters. The van der Waals surface area contributed by atoms with Gasteiger partial charge in [-0.15, -0.1) is 34.0 Å². The second-order valence-electron chi connectivity index (χ2n) is 16.3. The molecule has 0 spiro atoms. The summed E-state index contributed by atoms with van der Waals surface area (Å²) < 4.78 is 43.4. The van der Waals surface area contributed by atoms with Gasteiger partial charge in [-0.25, -0.2) is 0 Å². The first-order valence-corrected chi connectivity index (χ1v) is 23.1. The minimum absolute atomic E-state index is 0.0260. The lowest BCUT2D eigenvalue weighted by molar-refractivity contribution is 0.230. The van der Waals surface area contributed by atoms with Crippen molar-refractivity contribution in [3.05, 3.63) is 84.9 Å². The molecule has 0 aliphatic rings. The number of hydrogen-bond donors (Lipinski definition) is 0. The number of hydrogen-bond acceptors (Lipinski definition) is 9. The monoisotopic (exact) mass is 848 g/mol. The molecule has 310 valence electrons. The Kier molecular flexibility index (Phi) is 12.9. The molecule has 0 amide bonds. The Hall–Kier alpha value is -4.70. The summed E-state index contributed by atoms with van der Waals surface area (Å²) in [6, 6.07) is 29.3. The molecule has 7 rings (SSSR count). The minimum atomic E-state index is -0.0260. The summed E-state index contributed by atoms with van der Waals surface area (Å²) in [4.78, 5) is 2.22. The van der Waals surface area contributed by atoms with E-state index in [4.69, 9.17) is 28.4 Å². The van der Waals surface area contributed by atoms with Crippen LogP contribution in [0.1, 0.15) is 83.1 Å². The topological polar surface area (TPSA) is 55.4 Å². The highest BCUT2D eigenvalue weighted by atomic mass is 32.1. The Balaban J connectivity index is 1.58. The number of rotatable bonds is 16. The smallest absolute Gasteiger partial charge is 0.132 e. The maximum atomic E-state index is 6.57. The van der Waals surface area contributed by atoms with Crippen molar-refractivity contribution >= 4 is 52.8 Å². The van der Waals surface area contributed by atoms with Crippen molar-refractivity contribution in [2.45, 2.75) is 120 Å². The van der Waals surface area contributed by atoms with Gasteiger partial charge >= 0.3 is 0 Å². The molecular weight excluding hydrogens is 793 g/mol. The molecule has 3 heterocycles. The van der Waals surface area contributed by atoms with Gasteiger partial charge in [-0.2, -0.15) is 0 Å². The van der Waals surface area contributed by atoms with E-state index < -0.39 is 0 Å². The molecule has 3 aromatic heterocycles. The molecule has 0 bridgehead atoms. The highest BCUT2D eigenvalue weighted by Crippen LogP contribution is 2.60. The summed E-state index contributed by atoms with van der Waals surface area (Å²) in [6.07, 6.45) is 0.0445. The standard InChI is InChI=1S/C50H56O6S3/c1-27(2)51-35-23-19-33(20-24-35)41-45(43-37(53-29(5)6)15-13-16-38(43)54-30(7)8)57-49-47(41)59-48-42(34-21-25-36(26-22-34)52-28(3)4)46(58-50(48)49)44-39(55-31(9)10)17-14-18-40(44)56-32(11)12/h13-32H,1-12H3. The third-order valence-electron chi connectivity index (χ3n) is 9.05. The highest BCUT2D eigenvalue weighted by molar-refractivity contribution is 7.41. The average molecular weight is 849 g/mol. The van der Waals surface area contributed by atoms with E-state index in [1.165, 1.54) is 18.8 Å². The van der Waals surface area contributed by atoms with Crippen LogP contribution in [0.5, 0.6) is 34.5 Å². The molecule has 59 heavy (non-hydrogen) atoms. The van der Waals surface area contributed by atoms with Crippen LogP contribution < -0.4 is 28.4 Å². The van der Waals surface area contributed by atoms with Crippen molar-refractivity contribution in [3.8, 4) is 77.6 Å². The van der Waals surface area contributed by atoms with Crippen LogP contribution in [0, 0.1) is 0 Å². The number of thiophene rings is 3. The van der Waals surface area contributed by atoms with E-state index in [0.717, 1.165) is 77.6 Å². The van der Waals surface area contributed by atoms with Gasteiger partial charge < -0.3 is 28.4 Å². The third-order valence-corrected chi connectivity index (χ3v) is 13.1. The Morgan fingerprint density at radius 3 is 0.864 bits per heavy atom. The van der Waals surface area contributed by atoms with Crippen LogP contribution in [0.2, 0.25) is 0 Å². The van der Waals surface area contributed by atoms with Gasteiger partial charge in [-0.3, -0.25) is 0 Å². The maximum Gasteiger partial charge on any atom is 0.132 e. The van der Waals surface area contributed by atoms with Gasteiger partial charge in [-0.05, 0) is 143 Å². The van der Waals surface area contributed by atoms with E-state index in [0.29, 0.717) is 0 Å². The molecule has 0 fully saturated rings. The van der Waals surface area contributed by atoms with Crippen LogP contribution in [0.25, 0.3) is 61.9 Å². The molecule has 0 saturated heterocycles. The maximum absolute atomic E-state index is 6.57. The first kappa shape index (κ1) is 42.4. The van der Waals surface area contributed by atoms with Crippen molar-refractivity contribution in [3.63, 3.8) is 0 Å². The van der Waals surface area contributed by atoms with E-state index in [1.807, 2.05) is 23.5 Å². The average Bonchev–Trinajstić information content (AvgIpc) is 3.80. The van der Waals surface area contributed by atoms with Gasteiger partial charge in [0, 0.05) is 11.1 Å². The van der Waals surface area contributed by atoms with Gasteiger partial charge in [0.05, 0.1) is 76.3 Å². The molecule has 0 saturated carbocycles. The zero-order valence-electron chi connectivity index (χ0n) is 36.2. The largest absolute Gasteiger partial charge is 0.491 e. The van der Waals surface area contributed by atoms with Gasteiger partial charge in [-0.1, -0.05) is 36.4 Å². The number of ether oxygens (including phenoxy) is 6. The summed E-state index contributed by atoms with van der Waals surface area (Å²) in [5.41, 5.74) is 6.45.